The van der Waals surface area contributed by atoms with Crippen molar-refractivity contribution in [1.82, 2.24) is 5.16 Å². The van der Waals surface area contributed by atoms with Gasteiger partial charge in [-0.1, -0.05) is 35.0 Å². The summed E-state index contributed by atoms with van der Waals surface area (Å²) in [4.78, 5) is 23.9. The van der Waals surface area contributed by atoms with Crippen molar-refractivity contribution in [3.05, 3.63) is 71.1 Å². The van der Waals surface area contributed by atoms with Crippen molar-refractivity contribution in [2.45, 2.75) is 6.92 Å². The zero-order chi connectivity index (χ0) is 19.2. The van der Waals surface area contributed by atoms with Crippen LogP contribution in [0.4, 0.5) is 5.69 Å². The summed E-state index contributed by atoms with van der Waals surface area (Å²) in [5.74, 6) is 0.159. The first-order valence-corrected chi connectivity index (χ1v) is 8.32. The van der Waals surface area contributed by atoms with Crippen LogP contribution < -0.4 is 10.1 Å². The topological polar surface area (TPSA) is 90.7 Å². The maximum absolute atomic E-state index is 12.1. The first kappa shape index (κ1) is 18.5. The predicted octanol–water partition coefficient (Wildman–Crippen LogP) is 4.22. The van der Waals surface area contributed by atoms with Gasteiger partial charge in [-0.3, -0.25) is 4.79 Å². The molecule has 1 aromatic heterocycles. The van der Waals surface area contributed by atoms with Gasteiger partial charge in [-0.2, -0.15) is 0 Å². The lowest BCUT2D eigenvalue weighted by Crippen LogP contribution is -2.21. The zero-order valence-corrected chi connectivity index (χ0v) is 15.0. The number of nitrogens with zero attached hydrogens (tertiary/aromatic N) is 1. The highest BCUT2D eigenvalue weighted by atomic mass is 35.5. The van der Waals surface area contributed by atoms with Gasteiger partial charge in [-0.05, 0) is 37.3 Å². The molecule has 0 saturated carbocycles. The third-order valence-corrected chi connectivity index (χ3v) is 3.59. The Morgan fingerprint density at radius 1 is 1.15 bits per heavy atom. The van der Waals surface area contributed by atoms with E-state index < -0.39 is 18.5 Å². The smallest absolute Gasteiger partial charge is 0.361 e. The molecular weight excluding hydrogens is 372 g/mol. The van der Waals surface area contributed by atoms with E-state index in [0.717, 1.165) is 0 Å². The van der Waals surface area contributed by atoms with E-state index in [-0.39, 0.29) is 5.69 Å². The number of nitrogens with one attached hydrogen (secondary N) is 1. The second-order valence-electron chi connectivity index (χ2n) is 5.50. The summed E-state index contributed by atoms with van der Waals surface area (Å²) in [5.41, 5.74) is 0.348. The van der Waals surface area contributed by atoms with Crippen LogP contribution in [0.15, 0.2) is 59.1 Å². The minimum Gasteiger partial charge on any atom is -0.455 e. The molecule has 0 fully saturated rings. The largest absolute Gasteiger partial charge is 0.455 e. The van der Waals surface area contributed by atoms with Crippen LogP contribution in [-0.2, 0) is 9.53 Å². The molecule has 0 aliphatic heterocycles. The number of amides is 1. The Bertz CT molecular complexity index is 956. The molecule has 1 amide bonds. The van der Waals surface area contributed by atoms with Gasteiger partial charge in [-0.15, -0.1) is 0 Å². The van der Waals surface area contributed by atoms with Gasteiger partial charge in [0.2, 0.25) is 0 Å². The number of hydrogen-bond acceptors (Lipinski definition) is 6. The predicted molar refractivity (Wildman–Crippen MR) is 98.1 cm³/mol. The molecule has 1 heterocycles. The van der Waals surface area contributed by atoms with Gasteiger partial charge < -0.3 is 19.3 Å². The standard InChI is InChI=1S/C19H15ClN2O5/c1-12-9-16(22-27-12)19(24)25-11-18(23)21-15-10-13(20)7-8-17(15)26-14-5-3-2-4-6-14/h2-10H,11H2,1H3,(H,21,23). The number of aryl methyl sites for hydroxylation is 1. The molecule has 0 aliphatic rings. The van der Waals surface area contributed by atoms with Crippen molar-refractivity contribution in [1.29, 1.82) is 0 Å². The van der Waals surface area contributed by atoms with Gasteiger partial charge in [0.05, 0.1) is 5.69 Å². The summed E-state index contributed by atoms with van der Waals surface area (Å²) in [5, 5.41) is 6.56. The van der Waals surface area contributed by atoms with Gasteiger partial charge >= 0.3 is 5.97 Å². The van der Waals surface area contributed by atoms with Crippen molar-refractivity contribution in [2.24, 2.45) is 0 Å². The van der Waals surface area contributed by atoms with Gasteiger partial charge in [0.15, 0.2) is 18.1 Å². The van der Waals surface area contributed by atoms with Crippen LogP contribution in [0.2, 0.25) is 5.02 Å². The lowest BCUT2D eigenvalue weighted by molar-refractivity contribution is -0.119. The van der Waals surface area contributed by atoms with Gasteiger partial charge in [0, 0.05) is 11.1 Å². The van der Waals surface area contributed by atoms with Crippen LogP contribution in [0.5, 0.6) is 11.5 Å². The highest BCUT2D eigenvalue weighted by molar-refractivity contribution is 6.31. The molecule has 8 heteroatoms. The maximum Gasteiger partial charge on any atom is 0.361 e. The normalized spacial score (nSPS) is 10.3. The molecule has 7 nitrogen and oxygen atoms in total. The number of para-hydroxylation sites is 1. The molecular formula is C19H15ClN2O5. The lowest BCUT2D eigenvalue weighted by atomic mass is 10.2. The van der Waals surface area contributed by atoms with E-state index >= 15 is 0 Å². The molecule has 3 aromatic rings. The molecule has 3 rings (SSSR count). The Balaban J connectivity index is 1.64. The number of anilines is 1. The number of aromatic nitrogens is 1. The van der Waals surface area contributed by atoms with Crippen LogP contribution in [0.25, 0.3) is 0 Å². The SMILES string of the molecule is Cc1cc(C(=O)OCC(=O)Nc2cc(Cl)ccc2Oc2ccccc2)no1. The Hall–Kier alpha value is -3.32. The van der Waals surface area contributed by atoms with Crippen molar-refractivity contribution in [3.63, 3.8) is 0 Å². The van der Waals surface area contributed by atoms with E-state index in [9.17, 15) is 9.59 Å². The summed E-state index contributed by atoms with van der Waals surface area (Å²) in [6.45, 7) is 1.14. The Labute approximate surface area is 159 Å². The molecule has 0 aliphatic carbocycles. The summed E-state index contributed by atoms with van der Waals surface area (Å²) < 4.78 is 15.5. The van der Waals surface area contributed by atoms with Crippen molar-refractivity contribution in [3.8, 4) is 11.5 Å². The number of rotatable bonds is 6. The van der Waals surface area contributed by atoms with Gasteiger partial charge in [0.25, 0.3) is 5.91 Å². The second kappa shape index (κ2) is 8.37. The van der Waals surface area contributed by atoms with Gasteiger partial charge in [0.1, 0.15) is 11.5 Å². The van der Waals surface area contributed by atoms with Crippen molar-refractivity contribution >= 4 is 29.2 Å². The number of carbonyl (C=O) groups excluding carboxylic acids is 2. The number of hydrogen-bond donors (Lipinski definition) is 1. The number of carbonyl (C=O) groups is 2. The molecule has 1 N–H and O–H groups in total. The second-order valence-corrected chi connectivity index (χ2v) is 5.94. The van der Waals surface area contributed by atoms with Crippen LogP contribution in [0.3, 0.4) is 0 Å². The molecule has 0 atom stereocenters. The third kappa shape index (κ3) is 5.08. The zero-order valence-electron chi connectivity index (χ0n) is 14.3. The number of halogens is 1. The minimum absolute atomic E-state index is 0.00356. The molecule has 0 spiro atoms. The fraction of sp³-hybridized carbons (Fsp3) is 0.105. The molecule has 0 saturated heterocycles. The van der Waals surface area contributed by atoms with E-state index in [1.54, 1.807) is 37.3 Å². The molecule has 0 unspecified atom stereocenters. The van der Waals surface area contributed by atoms with Crippen LogP contribution in [0, 0.1) is 6.92 Å². The quantitative estimate of drug-likeness (QED) is 0.638. The first-order valence-electron chi connectivity index (χ1n) is 7.94. The fourth-order valence-electron chi connectivity index (χ4n) is 2.16. The molecule has 0 bridgehead atoms. The number of esters is 1. The van der Waals surface area contributed by atoms with Crippen LogP contribution in [0.1, 0.15) is 16.2 Å². The first-order chi connectivity index (χ1) is 13.0. The minimum atomic E-state index is -0.756. The highest BCUT2D eigenvalue weighted by Gasteiger charge is 2.16. The van der Waals surface area contributed by atoms with Crippen molar-refractivity contribution < 1.29 is 23.6 Å². The average molecular weight is 387 g/mol. The molecule has 0 radical (unpaired) electrons. The monoisotopic (exact) mass is 386 g/mol. The van der Waals surface area contributed by atoms with Crippen molar-refractivity contribution in [2.75, 3.05) is 11.9 Å². The number of ether oxygens (including phenoxy) is 2. The Morgan fingerprint density at radius 3 is 2.63 bits per heavy atom. The van der Waals surface area contributed by atoms with E-state index in [2.05, 4.69) is 10.5 Å². The fourth-order valence-corrected chi connectivity index (χ4v) is 2.33. The van der Waals surface area contributed by atoms with E-state index in [1.165, 1.54) is 6.07 Å². The van der Waals surface area contributed by atoms with Crippen LogP contribution in [-0.4, -0.2) is 23.6 Å². The lowest BCUT2D eigenvalue weighted by Gasteiger charge is -2.12. The number of benzene rings is 2. The average Bonchev–Trinajstić information content (AvgIpc) is 3.09. The summed E-state index contributed by atoms with van der Waals surface area (Å²) in [6, 6.07) is 15.3. The van der Waals surface area contributed by atoms with E-state index in [4.69, 9.17) is 25.6 Å². The Morgan fingerprint density at radius 2 is 1.93 bits per heavy atom. The summed E-state index contributed by atoms with van der Waals surface area (Å²) >= 11 is 6.00. The van der Waals surface area contributed by atoms with Crippen LogP contribution >= 0.6 is 11.6 Å². The summed E-state index contributed by atoms with van der Waals surface area (Å²) in [6.07, 6.45) is 0. The van der Waals surface area contributed by atoms with Gasteiger partial charge in [-0.25, -0.2) is 4.79 Å². The highest BCUT2D eigenvalue weighted by Crippen LogP contribution is 2.31. The maximum atomic E-state index is 12.1. The third-order valence-electron chi connectivity index (χ3n) is 3.36. The molecule has 138 valence electrons. The Kier molecular flexibility index (Phi) is 5.73. The molecule has 27 heavy (non-hydrogen) atoms. The van der Waals surface area contributed by atoms with E-state index in [1.807, 2.05) is 18.2 Å². The molecule has 2 aromatic carbocycles. The van der Waals surface area contributed by atoms with E-state index in [0.29, 0.717) is 28.0 Å². The summed E-state index contributed by atoms with van der Waals surface area (Å²) in [7, 11) is 0.